The number of hydrogen-bond acceptors (Lipinski definition) is 11. The van der Waals surface area contributed by atoms with Crippen LogP contribution in [0.2, 0.25) is 0 Å². The number of nitrogens with zero attached hydrogens (tertiary/aromatic N) is 3. The van der Waals surface area contributed by atoms with Gasteiger partial charge in [0.2, 0.25) is 0 Å². The average Bonchev–Trinajstić information content (AvgIpc) is 3.64. The summed E-state index contributed by atoms with van der Waals surface area (Å²) in [6.45, 7) is 0. The lowest BCUT2D eigenvalue weighted by molar-refractivity contribution is 0.0585. The van der Waals surface area contributed by atoms with Crippen LogP contribution in [0.15, 0.2) is 67.7 Å². The molecular weight excluding hydrogens is 715 g/mol. The number of hydrogen-bond donors (Lipinski definition) is 3. The van der Waals surface area contributed by atoms with Crippen molar-refractivity contribution >= 4 is 74.9 Å². The number of imide groups is 2. The van der Waals surface area contributed by atoms with Gasteiger partial charge in [-0.15, -0.1) is 24.0 Å². The van der Waals surface area contributed by atoms with Crippen molar-refractivity contribution in [2.24, 2.45) is 7.05 Å². The minimum atomic E-state index is -0.556. The molecule has 0 bridgehead atoms. The quantitative estimate of drug-likeness (QED) is 0.125. The van der Waals surface area contributed by atoms with Crippen molar-refractivity contribution < 1.29 is 24.0 Å². The van der Waals surface area contributed by atoms with Gasteiger partial charge in [0.15, 0.2) is 5.78 Å². The van der Waals surface area contributed by atoms with E-state index in [2.05, 4.69) is 16.2 Å². The summed E-state index contributed by atoms with van der Waals surface area (Å²) in [5, 5.41) is 3.61. The molecule has 16 heteroatoms. The van der Waals surface area contributed by atoms with E-state index < -0.39 is 51.6 Å². The second-order valence-corrected chi connectivity index (χ2v) is 10.1. The Morgan fingerprint density at radius 2 is 1.04 bits per heavy atom. The Kier molecular flexibility index (Phi) is 7.87. The number of halogens is 1. The zero-order valence-electron chi connectivity index (χ0n) is 24.0. The van der Waals surface area contributed by atoms with Crippen LogP contribution in [-0.2, 0) is 7.05 Å². The molecule has 0 fully saturated rings. The molecule has 5 aromatic rings. The van der Waals surface area contributed by atoms with Crippen molar-refractivity contribution in [1.82, 2.24) is 25.0 Å². The Morgan fingerprint density at radius 3 is 1.57 bits per heavy atom. The lowest BCUT2D eigenvalue weighted by Gasteiger charge is -2.09. The summed E-state index contributed by atoms with van der Waals surface area (Å²) in [5.74, 6) is -2.51. The Hall–Kier alpha value is -5.62. The molecule has 0 atom stereocenters. The minimum absolute atomic E-state index is 0. The number of aromatic nitrogens is 2. The Morgan fingerprint density at radius 1 is 0.587 bits per heavy atom. The van der Waals surface area contributed by atoms with E-state index >= 15 is 0 Å². The fourth-order valence-corrected chi connectivity index (χ4v) is 5.36. The molecule has 3 N–H and O–H groups in total. The summed E-state index contributed by atoms with van der Waals surface area (Å²) in [5.41, 5.74) is 4.07. The molecular formula is C30H21IN6O9. The predicted molar refractivity (Wildman–Crippen MR) is 174 cm³/mol. The van der Waals surface area contributed by atoms with E-state index in [-0.39, 0.29) is 78.9 Å². The van der Waals surface area contributed by atoms with Crippen molar-refractivity contribution in [3.63, 3.8) is 0 Å². The van der Waals surface area contributed by atoms with Gasteiger partial charge < -0.3 is 5.43 Å². The molecule has 2 aliphatic rings. The van der Waals surface area contributed by atoms with Crippen molar-refractivity contribution in [3.8, 4) is 0 Å². The first-order valence-corrected chi connectivity index (χ1v) is 13.2. The number of ketones is 1. The van der Waals surface area contributed by atoms with E-state index in [0.29, 0.717) is 0 Å². The number of benzene rings is 3. The average molecular weight is 736 g/mol. The summed E-state index contributed by atoms with van der Waals surface area (Å²) in [6, 6.07) is 11.0. The van der Waals surface area contributed by atoms with Crippen LogP contribution < -0.4 is 38.4 Å². The summed E-state index contributed by atoms with van der Waals surface area (Å²) < 4.78 is 1.81. The summed E-state index contributed by atoms with van der Waals surface area (Å²) in [4.78, 5) is 108. The molecule has 2 aromatic heterocycles. The van der Waals surface area contributed by atoms with Crippen LogP contribution in [0.3, 0.4) is 0 Å². The highest BCUT2D eigenvalue weighted by Gasteiger charge is 2.36. The van der Waals surface area contributed by atoms with Gasteiger partial charge >= 0.3 is 0 Å². The molecule has 4 amide bonds. The smallest absolute Gasteiger partial charge is 0.280 e. The first kappa shape index (κ1) is 31.8. The molecule has 46 heavy (non-hydrogen) atoms. The third kappa shape index (κ3) is 4.57. The van der Waals surface area contributed by atoms with Crippen molar-refractivity contribution in [2.75, 3.05) is 19.5 Å². The van der Waals surface area contributed by atoms with E-state index in [1.807, 2.05) is 0 Å². The Labute approximate surface area is 273 Å². The standard InChI is InChI=1S/C18H11N3O5.C12H9N3O4.HI/c1-19-21-17(25)11-5-3-9(7-13(11)18(21)26)14(22)8-2-4-10-12(6-8)16(24)20-15(10)23;1-13-15-11(18)7-3-5-6(4-8(7)12(15)19)10(17)14(2)9(5)16;/h2-7,19H,1H3,(H,20,23,24);3-4,13H,1-2H3;1H. The maximum absolute atomic E-state index is 12.7. The predicted octanol–water partition coefficient (Wildman–Crippen LogP) is -0.228. The van der Waals surface area contributed by atoms with Crippen LogP contribution in [0.25, 0.3) is 21.5 Å². The maximum atomic E-state index is 12.7. The third-order valence-corrected chi connectivity index (χ3v) is 7.69. The maximum Gasteiger partial charge on any atom is 0.280 e. The zero-order valence-corrected chi connectivity index (χ0v) is 26.4. The fourth-order valence-electron chi connectivity index (χ4n) is 5.36. The molecule has 0 unspecified atom stereocenters. The number of fused-ring (bicyclic) bond motifs is 4. The second kappa shape index (κ2) is 11.4. The van der Waals surface area contributed by atoms with Crippen LogP contribution >= 0.6 is 24.0 Å². The van der Waals surface area contributed by atoms with Crippen LogP contribution in [0.5, 0.6) is 0 Å². The van der Waals surface area contributed by atoms with Crippen LogP contribution in [-0.4, -0.2) is 57.8 Å². The number of hydrazine groups is 1. The molecule has 232 valence electrons. The normalized spacial score (nSPS) is 13.3. The van der Waals surface area contributed by atoms with Gasteiger partial charge in [-0.3, -0.25) is 53.0 Å². The van der Waals surface area contributed by atoms with Gasteiger partial charge in [0.25, 0.3) is 45.9 Å². The monoisotopic (exact) mass is 736 g/mol. The fraction of sp³-hybridized carbons (Fsp3) is 0.100. The van der Waals surface area contributed by atoms with Gasteiger partial charge in [0, 0.05) is 32.3 Å². The van der Waals surface area contributed by atoms with Crippen LogP contribution in [0.4, 0.5) is 0 Å². The van der Waals surface area contributed by atoms with E-state index in [1.54, 1.807) is 0 Å². The van der Waals surface area contributed by atoms with E-state index in [0.717, 1.165) is 14.3 Å². The van der Waals surface area contributed by atoms with Crippen molar-refractivity contribution in [1.29, 1.82) is 0 Å². The van der Waals surface area contributed by atoms with Crippen molar-refractivity contribution in [3.05, 3.63) is 123 Å². The third-order valence-electron chi connectivity index (χ3n) is 7.69. The largest absolute Gasteiger partial charge is 0.323 e. The molecule has 3 aromatic carbocycles. The highest BCUT2D eigenvalue weighted by molar-refractivity contribution is 14.0. The summed E-state index contributed by atoms with van der Waals surface area (Å²) in [6.07, 6.45) is 0. The van der Waals surface area contributed by atoms with Crippen molar-refractivity contribution in [2.45, 2.75) is 0 Å². The molecule has 0 spiro atoms. The topological polar surface area (TPSA) is 203 Å². The second-order valence-electron chi connectivity index (χ2n) is 10.1. The molecule has 0 saturated heterocycles. The summed E-state index contributed by atoms with van der Waals surface area (Å²) >= 11 is 0. The van der Waals surface area contributed by atoms with Gasteiger partial charge in [0.05, 0.1) is 43.8 Å². The van der Waals surface area contributed by atoms with Crippen LogP contribution in [0.1, 0.15) is 57.4 Å². The zero-order chi connectivity index (χ0) is 32.5. The van der Waals surface area contributed by atoms with Gasteiger partial charge in [0.1, 0.15) is 0 Å². The van der Waals surface area contributed by atoms with Gasteiger partial charge in [-0.25, -0.2) is 10.4 Å². The first-order chi connectivity index (χ1) is 21.4. The number of amides is 4. The number of rotatable bonds is 4. The molecule has 0 radical (unpaired) electrons. The van der Waals surface area contributed by atoms with Crippen LogP contribution in [0, 0.1) is 0 Å². The number of carbonyl (C=O) groups excluding carboxylic acids is 5. The van der Waals surface area contributed by atoms with E-state index in [9.17, 15) is 43.2 Å². The van der Waals surface area contributed by atoms with E-state index in [1.165, 1.54) is 69.7 Å². The minimum Gasteiger partial charge on any atom is -0.323 e. The lowest BCUT2D eigenvalue weighted by atomic mass is 9.96. The molecule has 0 saturated carbocycles. The number of nitrogens with one attached hydrogen (secondary N) is 3. The SMILES string of the molecule is CNN1C(=O)c2ccc(C(=O)c3ccc4c(c3)C(=O)NC4=O)cc2C1=O.CNn1c(=O)c2cc3c(=O)n(C)c(=O)c3cc2c1=O.I. The molecule has 4 heterocycles. The van der Waals surface area contributed by atoms with Gasteiger partial charge in [-0.2, -0.15) is 4.68 Å². The first-order valence-electron chi connectivity index (χ1n) is 13.2. The highest BCUT2D eigenvalue weighted by Crippen LogP contribution is 2.25. The molecule has 2 aliphatic heterocycles. The highest BCUT2D eigenvalue weighted by atomic mass is 127. The Balaban J connectivity index is 0.000000186. The molecule has 15 nitrogen and oxygen atoms in total. The Bertz CT molecular complexity index is 2360. The van der Waals surface area contributed by atoms with Gasteiger partial charge in [-0.1, -0.05) is 12.1 Å². The number of carbonyl (C=O) groups is 5. The van der Waals surface area contributed by atoms with E-state index in [4.69, 9.17) is 0 Å². The molecule has 0 aliphatic carbocycles. The summed E-state index contributed by atoms with van der Waals surface area (Å²) in [7, 11) is 4.25. The molecule has 7 rings (SSSR count). The van der Waals surface area contributed by atoms with Gasteiger partial charge in [-0.05, 0) is 36.4 Å². The lowest BCUT2D eigenvalue weighted by Crippen LogP contribution is -2.39.